The number of aromatic nitrogens is 1. The van der Waals surface area contributed by atoms with Crippen molar-refractivity contribution in [3.63, 3.8) is 0 Å². The number of hydrogen-bond acceptors (Lipinski definition) is 6. The minimum atomic E-state index is -0.361. The normalized spacial score (nSPS) is 10.1. The van der Waals surface area contributed by atoms with Crippen molar-refractivity contribution in [2.24, 2.45) is 4.99 Å². The van der Waals surface area contributed by atoms with E-state index in [1.807, 2.05) is 0 Å². The summed E-state index contributed by atoms with van der Waals surface area (Å²) in [6.45, 7) is 5.75. The second-order valence-corrected chi connectivity index (χ2v) is 5.34. The molecule has 136 valence electrons. The van der Waals surface area contributed by atoms with E-state index in [0.29, 0.717) is 23.7 Å². The van der Waals surface area contributed by atoms with Crippen LogP contribution in [0.3, 0.4) is 0 Å². The molecule has 1 aromatic carbocycles. The molecule has 0 aliphatic heterocycles. The van der Waals surface area contributed by atoms with Crippen LogP contribution < -0.4 is 10.2 Å². The summed E-state index contributed by atoms with van der Waals surface area (Å²) in [5, 5.41) is 3.00. The van der Waals surface area contributed by atoms with Gasteiger partial charge >= 0.3 is 5.97 Å². The van der Waals surface area contributed by atoms with E-state index in [4.69, 9.17) is 4.74 Å². The van der Waals surface area contributed by atoms with E-state index < -0.39 is 0 Å². The monoisotopic (exact) mass is 354 g/mol. The van der Waals surface area contributed by atoms with Crippen LogP contribution in [0.1, 0.15) is 23.7 Å². The van der Waals surface area contributed by atoms with E-state index in [2.05, 4.69) is 22.0 Å². The number of nitrogens with zero attached hydrogens (tertiary/aromatic N) is 3. The van der Waals surface area contributed by atoms with Crippen molar-refractivity contribution in [1.82, 2.24) is 4.98 Å². The Bertz CT molecular complexity index is 778. The van der Waals surface area contributed by atoms with E-state index in [9.17, 15) is 9.59 Å². The summed E-state index contributed by atoms with van der Waals surface area (Å²) in [7, 11) is 1.77. The van der Waals surface area contributed by atoms with Crippen LogP contribution >= 0.6 is 0 Å². The van der Waals surface area contributed by atoms with Gasteiger partial charge in [-0.1, -0.05) is 6.07 Å². The number of benzene rings is 1. The number of aliphatic imine (C=N–C) groups is 1. The largest absolute Gasteiger partial charge is 0.466 e. The summed E-state index contributed by atoms with van der Waals surface area (Å²) in [5.74, 6) is -0.173. The Morgan fingerprint density at radius 2 is 2.12 bits per heavy atom. The summed E-state index contributed by atoms with van der Waals surface area (Å²) in [6.07, 6.45) is 1.68. The van der Waals surface area contributed by atoms with Crippen LogP contribution in [-0.4, -0.2) is 43.8 Å². The molecule has 2 rings (SSSR count). The van der Waals surface area contributed by atoms with Crippen molar-refractivity contribution in [1.29, 1.82) is 0 Å². The third kappa shape index (κ3) is 4.66. The molecule has 0 bridgehead atoms. The number of carbonyl (C=O) groups is 2. The number of hydrogen-bond donors (Lipinski definition) is 1. The van der Waals surface area contributed by atoms with Crippen LogP contribution in [0.5, 0.6) is 0 Å². The predicted octanol–water partition coefficient (Wildman–Crippen LogP) is 3.06. The lowest BCUT2D eigenvalue weighted by atomic mass is 10.1. The molecule has 26 heavy (non-hydrogen) atoms. The number of esters is 1. The van der Waals surface area contributed by atoms with Gasteiger partial charge in [0, 0.05) is 25.4 Å². The Kier molecular flexibility index (Phi) is 6.84. The van der Waals surface area contributed by atoms with Gasteiger partial charge in [-0.25, -0.2) is 4.98 Å². The van der Waals surface area contributed by atoms with Crippen molar-refractivity contribution < 1.29 is 14.3 Å². The van der Waals surface area contributed by atoms with Gasteiger partial charge in [0.1, 0.15) is 5.82 Å². The highest BCUT2D eigenvalue weighted by Gasteiger charge is 2.21. The highest BCUT2D eigenvalue weighted by Crippen LogP contribution is 2.26. The molecule has 1 heterocycles. The Morgan fingerprint density at radius 3 is 2.73 bits per heavy atom. The first-order valence-electron chi connectivity index (χ1n) is 8.27. The molecule has 2 aromatic rings. The second-order valence-electron chi connectivity index (χ2n) is 5.34. The Balaban J connectivity index is 2.30. The molecule has 0 radical (unpaired) electrons. The fraction of sp³-hybridized carbons (Fsp3) is 0.263. The SMILES string of the molecule is C=Nc1cc(C(=O)N(CCC(=O)OCC)c2ccccn2)ccc1NC. The van der Waals surface area contributed by atoms with Gasteiger partial charge in [-0.15, -0.1) is 0 Å². The fourth-order valence-electron chi connectivity index (χ4n) is 2.43. The van der Waals surface area contributed by atoms with E-state index in [1.54, 1.807) is 56.6 Å². The lowest BCUT2D eigenvalue weighted by molar-refractivity contribution is -0.142. The smallest absolute Gasteiger partial charge is 0.307 e. The summed E-state index contributed by atoms with van der Waals surface area (Å²) in [5.41, 5.74) is 1.78. The highest BCUT2D eigenvalue weighted by atomic mass is 16.5. The number of carbonyl (C=O) groups excluding carboxylic acids is 2. The maximum Gasteiger partial charge on any atom is 0.307 e. The molecule has 0 saturated carbocycles. The van der Waals surface area contributed by atoms with Crippen molar-refractivity contribution in [2.45, 2.75) is 13.3 Å². The predicted molar refractivity (Wildman–Crippen MR) is 102 cm³/mol. The van der Waals surface area contributed by atoms with E-state index >= 15 is 0 Å². The van der Waals surface area contributed by atoms with E-state index in [0.717, 1.165) is 5.69 Å². The van der Waals surface area contributed by atoms with Gasteiger partial charge in [0.05, 0.1) is 24.4 Å². The third-order valence-electron chi connectivity index (χ3n) is 3.70. The molecule has 0 aliphatic carbocycles. The third-order valence-corrected chi connectivity index (χ3v) is 3.70. The van der Waals surface area contributed by atoms with Crippen molar-refractivity contribution in [3.8, 4) is 0 Å². The summed E-state index contributed by atoms with van der Waals surface area (Å²) >= 11 is 0. The summed E-state index contributed by atoms with van der Waals surface area (Å²) in [4.78, 5) is 34.4. The van der Waals surface area contributed by atoms with Gasteiger partial charge in [0.2, 0.25) is 0 Å². The van der Waals surface area contributed by atoms with Crippen LogP contribution in [0.2, 0.25) is 0 Å². The van der Waals surface area contributed by atoms with Crippen molar-refractivity contribution >= 4 is 35.8 Å². The molecule has 0 atom stereocenters. The van der Waals surface area contributed by atoms with Crippen LogP contribution in [0.25, 0.3) is 0 Å². The quantitative estimate of drug-likeness (QED) is 0.582. The molecule has 1 N–H and O–H groups in total. The molecule has 1 amide bonds. The van der Waals surface area contributed by atoms with E-state index in [1.165, 1.54) is 4.90 Å². The van der Waals surface area contributed by atoms with Gasteiger partial charge in [-0.05, 0) is 44.0 Å². The zero-order valence-electron chi connectivity index (χ0n) is 14.9. The summed E-state index contributed by atoms with van der Waals surface area (Å²) < 4.78 is 4.95. The van der Waals surface area contributed by atoms with Crippen LogP contribution in [0.15, 0.2) is 47.6 Å². The van der Waals surface area contributed by atoms with Crippen LogP contribution in [-0.2, 0) is 9.53 Å². The average molecular weight is 354 g/mol. The lowest BCUT2D eigenvalue weighted by Gasteiger charge is -2.22. The van der Waals surface area contributed by atoms with Gasteiger partial charge in [0.25, 0.3) is 5.91 Å². The number of amides is 1. The highest BCUT2D eigenvalue weighted by molar-refractivity contribution is 6.06. The van der Waals surface area contributed by atoms with Crippen molar-refractivity contribution in [2.75, 3.05) is 30.4 Å². The van der Waals surface area contributed by atoms with Gasteiger partial charge in [-0.2, -0.15) is 0 Å². The zero-order chi connectivity index (χ0) is 18.9. The maximum absolute atomic E-state index is 13.0. The number of anilines is 2. The average Bonchev–Trinajstić information content (AvgIpc) is 2.68. The first kappa shape index (κ1) is 19.1. The van der Waals surface area contributed by atoms with Crippen LogP contribution in [0, 0.1) is 0 Å². The molecule has 0 saturated heterocycles. The van der Waals surface area contributed by atoms with Gasteiger partial charge < -0.3 is 10.1 Å². The molecule has 7 heteroatoms. The van der Waals surface area contributed by atoms with Gasteiger partial charge in [-0.3, -0.25) is 19.5 Å². The second kappa shape index (κ2) is 9.31. The molecular formula is C19H22N4O3. The van der Waals surface area contributed by atoms with E-state index in [-0.39, 0.29) is 24.8 Å². The Morgan fingerprint density at radius 1 is 1.31 bits per heavy atom. The molecule has 0 unspecified atom stereocenters. The number of nitrogens with one attached hydrogen (secondary N) is 1. The van der Waals surface area contributed by atoms with Crippen molar-refractivity contribution in [3.05, 3.63) is 48.2 Å². The van der Waals surface area contributed by atoms with Gasteiger partial charge in [0.15, 0.2) is 0 Å². The first-order valence-corrected chi connectivity index (χ1v) is 8.27. The topological polar surface area (TPSA) is 83.9 Å². The summed E-state index contributed by atoms with van der Waals surface area (Å²) in [6, 6.07) is 10.4. The Labute approximate surface area is 152 Å². The minimum absolute atomic E-state index is 0.0807. The number of ether oxygens (including phenoxy) is 1. The molecular weight excluding hydrogens is 332 g/mol. The molecule has 7 nitrogen and oxygen atoms in total. The standard InChI is InChI=1S/C19H22N4O3/c1-4-26-18(24)10-12-23(17-7-5-6-11-22-17)19(25)14-8-9-15(20-2)16(13-14)21-3/h5-9,11,13,20H,3-4,10,12H2,1-2H3. The molecule has 0 aliphatic rings. The minimum Gasteiger partial charge on any atom is -0.466 e. The van der Waals surface area contributed by atoms with Crippen LogP contribution in [0.4, 0.5) is 17.2 Å². The number of rotatable bonds is 8. The fourth-order valence-corrected chi connectivity index (χ4v) is 2.43. The maximum atomic E-state index is 13.0. The lowest BCUT2D eigenvalue weighted by Crippen LogP contribution is -2.34. The molecule has 0 spiro atoms. The first-order chi connectivity index (χ1) is 12.6. The molecule has 1 aromatic heterocycles. The molecule has 0 fully saturated rings. The number of pyridine rings is 1. The zero-order valence-corrected chi connectivity index (χ0v) is 14.9. The Hall–Kier alpha value is -3.22.